The van der Waals surface area contributed by atoms with E-state index < -0.39 is 6.10 Å². The predicted octanol–water partition coefficient (Wildman–Crippen LogP) is 0.393. The van der Waals surface area contributed by atoms with Crippen LogP contribution in [0.2, 0.25) is 0 Å². The first-order valence-electron chi connectivity index (χ1n) is 5.82. The molecule has 2 heterocycles. The zero-order chi connectivity index (χ0) is 12.8. The molecular formula is C12H16N2O3S. The summed E-state index contributed by atoms with van der Waals surface area (Å²) in [7, 11) is 0. The first-order valence-corrected chi connectivity index (χ1v) is 6.80. The maximum absolute atomic E-state index is 12.0. The summed E-state index contributed by atoms with van der Waals surface area (Å²) in [4.78, 5) is 18.6. The molecule has 0 bridgehead atoms. The Morgan fingerprint density at radius 3 is 3.11 bits per heavy atom. The van der Waals surface area contributed by atoms with Gasteiger partial charge in [0.15, 0.2) is 0 Å². The normalized spacial score (nSPS) is 20.5. The van der Waals surface area contributed by atoms with Gasteiger partial charge in [-0.1, -0.05) is 0 Å². The van der Waals surface area contributed by atoms with Crippen LogP contribution in [-0.2, 0) is 9.53 Å². The van der Waals surface area contributed by atoms with Crippen molar-refractivity contribution < 1.29 is 14.6 Å². The lowest BCUT2D eigenvalue weighted by atomic mass is 10.3. The van der Waals surface area contributed by atoms with Crippen molar-refractivity contribution in [1.82, 2.24) is 9.88 Å². The number of rotatable bonds is 3. The van der Waals surface area contributed by atoms with Gasteiger partial charge in [-0.2, -0.15) is 0 Å². The Labute approximate surface area is 110 Å². The van der Waals surface area contributed by atoms with Crippen LogP contribution in [0.3, 0.4) is 0 Å². The van der Waals surface area contributed by atoms with Crippen LogP contribution in [-0.4, -0.2) is 59.1 Å². The van der Waals surface area contributed by atoms with E-state index in [9.17, 15) is 9.90 Å². The van der Waals surface area contributed by atoms with E-state index in [-0.39, 0.29) is 5.91 Å². The Hall–Kier alpha value is -1.11. The second kappa shape index (κ2) is 6.72. The maximum Gasteiger partial charge on any atom is 0.233 e. The lowest BCUT2D eigenvalue weighted by Crippen LogP contribution is -2.38. The second-order valence-corrected chi connectivity index (χ2v) is 5.09. The van der Waals surface area contributed by atoms with E-state index in [1.807, 2.05) is 12.1 Å². The van der Waals surface area contributed by atoms with Gasteiger partial charge in [0, 0.05) is 30.4 Å². The summed E-state index contributed by atoms with van der Waals surface area (Å²) in [5, 5.41) is 9.56. The fourth-order valence-corrected chi connectivity index (χ4v) is 2.48. The molecule has 18 heavy (non-hydrogen) atoms. The van der Waals surface area contributed by atoms with Crippen LogP contribution in [0.25, 0.3) is 0 Å². The number of carbonyl (C=O) groups excluding carboxylic acids is 1. The van der Waals surface area contributed by atoms with Gasteiger partial charge in [0.2, 0.25) is 5.91 Å². The molecule has 0 unspecified atom stereocenters. The first-order chi connectivity index (χ1) is 8.75. The fourth-order valence-electron chi connectivity index (χ4n) is 1.69. The lowest BCUT2D eigenvalue weighted by molar-refractivity contribution is -0.129. The molecule has 0 aliphatic carbocycles. The Morgan fingerprint density at radius 1 is 1.56 bits per heavy atom. The van der Waals surface area contributed by atoms with E-state index in [2.05, 4.69) is 4.98 Å². The van der Waals surface area contributed by atoms with Crippen molar-refractivity contribution in [2.45, 2.75) is 11.0 Å². The summed E-state index contributed by atoms with van der Waals surface area (Å²) in [6, 6.07) is 3.75. The first kappa shape index (κ1) is 13.3. The van der Waals surface area contributed by atoms with Crippen molar-refractivity contribution in [3.63, 3.8) is 0 Å². The molecule has 0 saturated carbocycles. The van der Waals surface area contributed by atoms with Gasteiger partial charge in [-0.15, -0.1) is 11.8 Å². The number of hydrogen-bond donors (Lipinski definition) is 1. The van der Waals surface area contributed by atoms with Crippen LogP contribution in [0.5, 0.6) is 0 Å². The highest BCUT2D eigenvalue weighted by Crippen LogP contribution is 2.17. The zero-order valence-electron chi connectivity index (χ0n) is 9.99. The Kier molecular flexibility index (Phi) is 4.98. The molecule has 1 fully saturated rings. The van der Waals surface area contributed by atoms with Gasteiger partial charge in [0.1, 0.15) is 0 Å². The highest BCUT2D eigenvalue weighted by Gasteiger charge is 2.20. The van der Waals surface area contributed by atoms with E-state index in [0.717, 1.165) is 4.90 Å². The average molecular weight is 268 g/mol. The minimum absolute atomic E-state index is 0.0290. The SMILES string of the molecule is O=C(CSc1ccncc1)N1CCOC[C@@H](O)C1. The zero-order valence-corrected chi connectivity index (χ0v) is 10.8. The number of hydrogen-bond acceptors (Lipinski definition) is 5. The molecule has 1 atom stereocenters. The van der Waals surface area contributed by atoms with Crippen molar-refractivity contribution in [3.05, 3.63) is 24.5 Å². The maximum atomic E-state index is 12.0. The molecule has 6 heteroatoms. The van der Waals surface area contributed by atoms with Crippen molar-refractivity contribution in [3.8, 4) is 0 Å². The molecule has 1 aromatic heterocycles. The van der Waals surface area contributed by atoms with Crippen LogP contribution in [0.15, 0.2) is 29.4 Å². The molecule has 2 rings (SSSR count). The molecule has 1 saturated heterocycles. The van der Waals surface area contributed by atoms with Crippen LogP contribution in [0, 0.1) is 0 Å². The number of β-amino-alcohol motifs (C(OH)–C–C–N with tert-alkyl or cyclic N) is 1. The Bertz CT molecular complexity index is 388. The van der Waals surface area contributed by atoms with Crippen LogP contribution in [0.1, 0.15) is 0 Å². The minimum atomic E-state index is -0.581. The molecule has 98 valence electrons. The van der Waals surface area contributed by atoms with Crippen molar-refractivity contribution in [2.75, 3.05) is 32.1 Å². The smallest absolute Gasteiger partial charge is 0.233 e. The average Bonchev–Trinajstić information content (AvgIpc) is 2.62. The van der Waals surface area contributed by atoms with Crippen molar-refractivity contribution >= 4 is 17.7 Å². The summed E-state index contributed by atoms with van der Waals surface area (Å²) >= 11 is 1.48. The number of aliphatic hydroxyl groups is 1. The third-order valence-electron chi connectivity index (χ3n) is 2.61. The van der Waals surface area contributed by atoms with E-state index >= 15 is 0 Å². The molecular weight excluding hydrogens is 252 g/mol. The monoisotopic (exact) mass is 268 g/mol. The quantitative estimate of drug-likeness (QED) is 0.804. The summed E-state index contributed by atoms with van der Waals surface area (Å²) in [5.41, 5.74) is 0. The lowest BCUT2D eigenvalue weighted by Gasteiger charge is -2.21. The van der Waals surface area contributed by atoms with E-state index in [1.165, 1.54) is 11.8 Å². The van der Waals surface area contributed by atoms with Crippen molar-refractivity contribution in [1.29, 1.82) is 0 Å². The molecule has 0 radical (unpaired) electrons. The van der Waals surface area contributed by atoms with Gasteiger partial charge in [0.05, 0.1) is 25.1 Å². The molecule has 0 aromatic carbocycles. The number of pyridine rings is 1. The standard InChI is InChI=1S/C12H16N2O3S/c15-10-7-14(5-6-17-8-10)12(16)9-18-11-1-3-13-4-2-11/h1-4,10,15H,5-9H2/t10-/m0/s1. The number of carbonyl (C=O) groups is 1. The van der Waals surface area contributed by atoms with Crippen LogP contribution in [0.4, 0.5) is 0 Å². The van der Waals surface area contributed by atoms with Gasteiger partial charge < -0.3 is 14.7 Å². The number of ether oxygens (including phenoxy) is 1. The minimum Gasteiger partial charge on any atom is -0.389 e. The Balaban J connectivity index is 1.83. The summed E-state index contributed by atoms with van der Waals surface area (Å²) < 4.78 is 5.19. The van der Waals surface area contributed by atoms with Gasteiger partial charge >= 0.3 is 0 Å². The largest absolute Gasteiger partial charge is 0.389 e. The van der Waals surface area contributed by atoms with Gasteiger partial charge in [-0.25, -0.2) is 0 Å². The highest BCUT2D eigenvalue weighted by molar-refractivity contribution is 8.00. The van der Waals surface area contributed by atoms with Gasteiger partial charge in [-0.3, -0.25) is 9.78 Å². The van der Waals surface area contributed by atoms with E-state index in [4.69, 9.17) is 4.74 Å². The number of amides is 1. The number of thioether (sulfide) groups is 1. The summed E-state index contributed by atoms with van der Waals surface area (Å²) in [6.45, 7) is 1.70. The molecule has 5 nitrogen and oxygen atoms in total. The number of nitrogens with zero attached hydrogens (tertiary/aromatic N) is 2. The summed E-state index contributed by atoms with van der Waals surface area (Å²) in [5.74, 6) is 0.401. The molecule has 1 aliphatic heterocycles. The Morgan fingerprint density at radius 2 is 2.33 bits per heavy atom. The topological polar surface area (TPSA) is 62.7 Å². The molecule has 1 N–H and O–H groups in total. The van der Waals surface area contributed by atoms with Gasteiger partial charge in [0.25, 0.3) is 0 Å². The fraction of sp³-hybridized carbons (Fsp3) is 0.500. The molecule has 1 aliphatic rings. The second-order valence-electron chi connectivity index (χ2n) is 4.04. The molecule has 1 amide bonds. The van der Waals surface area contributed by atoms with Crippen molar-refractivity contribution in [2.24, 2.45) is 0 Å². The van der Waals surface area contributed by atoms with Crippen LogP contribution >= 0.6 is 11.8 Å². The third kappa shape index (κ3) is 3.97. The van der Waals surface area contributed by atoms with E-state index in [1.54, 1.807) is 17.3 Å². The highest BCUT2D eigenvalue weighted by atomic mass is 32.2. The molecule has 1 aromatic rings. The third-order valence-corrected chi connectivity index (χ3v) is 3.61. The number of aromatic nitrogens is 1. The van der Waals surface area contributed by atoms with Gasteiger partial charge in [-0.05, 0) is 12.1 Å². The van der Waals surface area contributed by atoms with E-state index in [0.29, 0.717) is 32.1 Å². The summed E-state index contributed by atoms with van der Waals surface area (Å²) in [6.07, 6.45) is 2.83. The van der Waals surface area contributed by atoms with Crippen LogP contribution < -0.4 is 0 Å². The predicted molar refractivity (Wildman–Crippen MR) is 68.4 cm³/mol. The molecule has 0 spiro atoms. The number of aliphatic hydroxyl groups excluding tert-OH is 1.